The molecular weight excluding hydrogens is 316 g/mol. The second-order valence-electron chi connectivity index (χ2n) is 3.93. The summed E-state index contributed by atoms with van der Waals surface area (Å²) < 4.78 is 26.7. The van der Waals surface area contributed by atoms with Gasteiger partial charge in [-0.25, -0.2) is 13.2 Å². The van der Waals surface area contributed by atoms with Gasteiger partial charge in [-0.2, -0.15) is 0 Å². The van der Waals surface area contributed by atoms with Gasteiger partial charge >= 0.3 is 5.97 Å². The van der Waals surface area contributed by atoms with Crippen LogP contribution in [0.2, 0.25) is 0 Å². The Labute approximate surface area is 124 Å². The maximum absolute atomic E-state index is 12.2. The molecule has 0 aliphatic rings. The number of carboxylic acids is 1. The number of aromatic carboxylic acids is 1. The Hall–Kier alpha value is -2.39. The third-order valence-electron chi connectivity index (χ3n) is 2.55. The monoisotopic (exact) mass is 326 g/mol. The summed E-state index contributed by atoms with van der Waals surface area (Å²) in [5.41, 5.74) is 5.15. The highest BCUT2D eigenvalue weighted by molar-refractivity contribution is 7.93. The van der Waals surface area contributed by atoms with Gasteiger partial charge in [-0.3, -0.25) is 9.52 Å². The van der Waals surface area contributed by atoms with Crippen molar-refractivity contribution in [3.8, 4) is 0 Å². The molecule has 0 radical (unpaired) electrons. The lowest BCUT2D eigenvalue weighted by atomic mass is 10.2. The molecule has 0 atom stereocenters. The van der Waals surface area contributed by atoms with Crippen molar-refractivity contribution in [2.75, 3.05) is 4.72 Å². The summed E-state index contributed by atoms with van der Waals surface area (Å²) in [6.07, 6.45) is 0. The number of thiophene rings is 1. The maximum Gasteiger partial charge on any atom is 0.347 e. The van der Waals surface area contributed by atoms with Gasteiger partial charge in [0.1, 0.15) is 9.77 Å². The molecule has 2 rings (SSSR count). The highest BCUT2D eigenvalue weighted by Gasteiger charge is 2.25. The summed E-state index contributed by atoms with van der Waals surface area (Å²) >= 11 is 0.795. The lowest BCUT2D eigenvalue weighted by Gasteiger charge is -2.10. The van der Waals surface area contributed by atoms with Crippen molar-refractivity contribution < 1.29 is 23.1 Å². The van der Waals surface area contributed by atoms with Gasteiger partial charge in [-0.15, -0.1) is 11.3 Å². The molecule has 7 nitrogen and oxygen atoms in total. The van der Waals surface area contributed by atoms with Gasteiger partial charge in [-0.05, 0) is 23.6 Å². The summed E-state index contributed by atoms with van der Waals surface area (Å²) in [7, 11) is -4.13. The predicted octanol–water partition coefficient (Wildman–Crippen LogP) is 1.35. The molecule has 2 aromatic rings. The molecule has 0 fully saturated rings. The molecule has 0 aliphatic heterocycles. The van der Waals surface area contributed by atoms with Crippen LogP contribution in [0.4, 0.5) is 5.69 Å². The number of rotatable bonds is 5. The third kappa shape index (κ3) is 3.03. The zero-order valence-electron chi connectivity index (χ0n) is 10.4. The molecule has 110 valence electrons. The number of carbonyl (C=O) groups is 2. The van der Waals surface area contributed by atoms with Gasteiger partial charge in [0.2, 0.25) is 0 Å². The third-order valence-corrected chi connectivity index (χ3v) is 4.99. The molecule has 21 heavy (non-hydrogen) atoms. The minimum Gasteiger partial charge on any atom is -0.477 e. The number of anilines is 1. The molecule has 0 spiro atoms. The van der Waals surface area contributed by atoms with Crippen LogP contribution < -0.4 is 10.5 Å². The number of carbonyl (C=O) groups excluding carboxylic acids is 1. The molecule has 0 aliphatic carbocycles. The number of amides is 1. The standard InChI is InChI=1S/C12H10N2O5S2/c13-11(15)7-3-1-2-4-8(7)14-21(18,19)9-5-6-20-10(9)12(16)17/h1-6,14H,(H2,13,15)(H,16,17). The van der Waals surface area contributed by atoms with Crippen LogP contribution in [0.1, 0.15) is 20.0 Å². The Balaban J connectivity index is 2.46. The molecule has 1 heterocycles. The van der Waals surface area contributed by atoms with Gasteiger partial charge in [0.05, 0.1) is 11.3 Å². The van der Waals surface area contributed by atoms with Crippen LogP contribution >= 0.6 is 11.3 Å². The smallest absolute Gasteiger partial charge is 0.347 e. The highest BCUT2D eigenvalue weighted by Crippen LogP contribution is 2.25. The number of primary amides is 1. The zero-order valence-corrected chi connectivity index (χ0v) is 12.1. The number of hydrogen-bond acceptors (Lipinski definition) is 5. The quantitative estimate of drug-likeness (QED) is 0.764. The van der Waals surface area contributed by atoms with E-state index < -0.39 is 21.9 Å². The average molecular weight is 326 g/mol. The van der Waals surface area contributed by atoms with Crippen LogP contribution in [0, 0.1) is 0 Å². The van der Waals surface area contributed by atoms with E-state index >= 15 is 0 Å². The van der Waals surface area contributed by atoms with Crippen LogP contribution in [0.15, 0.2) is 40.6 Å². The molecule has 0 saturated heterocycles. The van der Waals surface area contributed by atoms with E-state index in [9.17, 15) is 18.0 Å². The van der Waals surface area contributed by atoms with Crippen molar-refractivity contribution in [3.63, 3.8) is 0 Å². The number of para-hydroxylation sites is 1. The Kier molecular flexibility index (Phi) is 3.96. The van der Waals surface area contributed by atoms with E-state index in [0.717, 1.165) is 11.3 Å². The highest BCUT2D eigenvalue weighted by atomic mass is 32.2. The molecule has 4 N–H and O–H groups in total. The van der Waals surface area contributed by atoms with E-state index in [1.54, 1.807) is 0 Å². The number of nitrogens with two attached hydrogens (primary N) is 1. The average Bonchev–Trinajstić information content (AvgIpc) is 2.88. The summed E-state index contributed by atoms with van der Waals surface area (Å²) in [5, 5.41) is 10.3. The lowest BCUT2D eigenvalue weighted by molar-refractivity contribution is 0.0698. The fourth-order valence-corrected chi connectivity index (χ4v) is 3.99. The van der Waals surface area contributed by atoms with Crippen molar-refractivity contribution in [1.29, 1.82) is 0 Å². The van der Waals surface area contributed by atoms with Crippen molar-refractivity contribution in [3.05, 3.63) is 46.2 Å². The first-order valence-electron chi connectivity index (χ1n) is 5.55. The normalized spacial score (nSPS) is 11.0. The van der Waals surface area contributed by atoms with E-state index in [1.807, 2.05) is 0 Å². The Morgan fingerprint density at radius 1 is 1.19 bits per heavy atom. The number of benzene rings is 1. The molecule has 0 saturated carbocycles. The topological polar surface area (TPSA) is 127 Å². The zero-order chi connectivity index (χ0) is 15.6. The first-order chi connectivity index (χ1) is 9.83. The van der Waals surface area contributed by atoms with Crippen molar-refractivity contribution in [1.82, 2.24) is 0 Å². The predicted molar refractivity (Wildman–Crippen MR) is 77.0 cm³/mol. The van der Waals surface area contributed by atoms with Crippen molar-refractivity contribution in [2.45, 2.75) is 4.90 Å². The second-order valence-corrected chi connectivity index (χ2v) is 6.50. The molecule has 1 aromatic heterocycles. The Bertz CT molecular complexity index is 811. The Morgan fingerprint density at radius 2 is 1.86 bits per heavy atom. The maximum atomic E-state index is 12.2. The number of nitrogens with one attached hydrogen (secondary N) is 1. The van der Waals surface area contributed by atoms with Crippen LogP contribution in [0.3, 0.4) is 0 Å². The lowest BCUT2D eigenvalue weighted by Crippen LogP contribution is -2.19. The minimum absolute atomic E-state index is 0.00632. The fourth-order valence-electron chi connectivity index (χ4n) is 1.65. The summed E-state index contributed by atoms with van der Waals surface area (Å²) in [6, 6.07) is 6.97. The van der Waals surface area contributed by atoms with Gasteiger partial charge < -0.3 is 10.8 Å². The summed E-state index contributed by atoms with van der Waals surface area (Å²) in [6.45, 7) is 0. The van der Waals surface area contributed by atoms with Crippen LogP contribution in [-0.2, 0) is 10.0 Å². The number of sulfonamides is 1. The van der Waals surface area contributed by atoms with Gasteiger partial charge in [0.25, 0.3) is 15.9 Å². The summed E-state index contributed by atoms with van der Waals surface area (Å²) in [4.78, 5) is 21.6. The largest absolute Gasteiger partial charge is 0.477 e. The van der Waals surface area contributed by atoms with E-state index in [4.69, 9.17) is 10.8 Å². The number of hydrogen-bond donors (Lipinski definition) is 3. The molecular formula is C12H10N2O5S2. The number of carboxylic acid groups (broad SMARTS) is 1. The van der Waals surface area contributed by atoms with Gasteiger partial charge in [0.15, 0.2) is 0 Å². The second kappa shape index (κ2) is 5.54. The molecule has 1 amide bonds. The first kappa shape index (κ1) is 15.0. The van der Waals surface area contributed by atoms with Crippen molar-refractivity contribution in [2.24, 2.45) is 5.73 Å². The fraction of sp³-hybridized carbons (Fsp3) is 0. The van der Waals surface area contributed by atoms with Gasteiger partial charge in [-0.1, -0.05) is 12.1 Å². The SMILES string of the molecule is NC(=O)c1ccccc1NS(=O)(=O)c1ccsc1C(=O)O. The molecule has 0 unspecified atom stereocenters. The van der Waals surface area contributed by atoms with Gasteiger partial charge in [0, 0.05) is 0 Å². The minimum atomic E-state index is -4.13. The molecule has 1 aromatic carbocycles. The van der Waals surface area contributed by atoms with Crippen LogP contribution in [0.5, 0.6) is 0 Å². The Morgan fingerprint density at radius 3 is 2.48 bits per heavy atom. The summed E-state index contributed by atoms with van der Waals surface area (Å²) in [5.74, 6) is -2.13. The van der Waals surface area contributed by atoms with Crippen LogP contribution in [-0.4, -0.2) is 25.4 Å². The van der Waals surface area contributed by atoms with Crippen LogP contribution in [0.25, 0.3) is 0 Å². The van der Waals surface area contributed by atoms with E-state index in [1.165, 1.54) is 35.7 Å². The van der Waals surface area contributed by atoms with E-state index in [-0.39, 0.29) is 21.0 Å². The van der Waals surface area contributed by atoms with Crippen molar-refractivity contribution >= 4 is 38.9 Å². The van der Waals surface area contributed by atoms with E-state index in [0.29, 0.717) is 0 Å². The molecule has 9 heteroatoms. The molecule has 0 bridgehead atoms. The first-order valence-corrected chi connectivity index (χ1v) is 7.91. The van der Waals surface area contributed by atoms with E-state index in [2.05, 4.69) is 4.72 Å².